The molecular weight excluding hydrogens is 216 g/mol. The highest BCUT2D eigenvalue weighted by atomic mass is 16.5. The summed E-state index contributed by atoms with van der Waals surface area (Å²) in [7, 11) is 0. The molecule has 2 rings (SSSR count). The van der Waals surface area contributed by atoms with Gasteiger partial charge in [-0.05, 0) is 24.4 Å². The van der Waals surface area contributed by atoms with Gasteiger partial charge in [0.25, 0.3) is 0 Å². The summed E-state index contributed by atoms with van der Waals surface area (Å²) >= 11 is 0. The molecule has 1 aromatic rings. The Morgan fingerprint density at radius 3 is 2.88 bits per heavy atom. The molecule has 0 amide bonds. The van der Waals surface area contributed by atoms with Crippen LogP contribution in [0.2, 0.25) is 0 Å². The van der Waals surface area contributed by atoms with Gasteiger partial charge in [0.1, 0.15) is 12.6 Å². The summed E-state index contributed by atoms with van der Waals surface area (Å²) in [6, 6.07) is 9.12. The lowest BCUT2D eigenvalue weighted by Crippen LogP contribution is -2.40. The van der Waals surface area contributed by atoms with Crippen molar-refractivity contribution in [3.05, 3.63) is 35.9 Å². The van der Waals surface area contributed by atoms with Crippen molar-refractivity contribution in [3.8, 4) is 0 Å². The van der Waals surface area contributed by atoms with Crippen LogP contribution in [0, 0.1) is 5.92 Å². The van der Waals surface area contributed by atoms with Crippen LogP contribution in [-0.2, 0) is 16.1 Å². The zero-order valence-corrected chi connectivity index (χ0v) is 9.76. The predicted octanol–water partition coefficient (Wildman–Crippen LogP) is 0.667. The van der Waals surface area contributed by atoms with E-state index in [1.165, 1.54) is 0 Å². The highest BCUT2D eigenvalue weighted by molar-refractivity contribution is 5.76. The van der Waals surface area contributed by atoms with Crippen molar-refractivity contribution < 1.29 is 9.53 Å². The van der Waals surface area contributed by atoms with Crippen molar-refractivity contribution in [2.75, 3.05) is 13.1 Å². The van der Waals surface area contributed by atoms with E-state index in [9.17, 15) is 4.79 Å². The first-order valence-electron chi connectivity index (χ1n) is 5.94. The first-order chi connectivity index (χ1) is 8.27. The highest BCUT2D eigenvalue weighted by Gasteiger charge is 2.28. The van der Waals surface area contributed by atoms with E-state index in [2.05, 4.69) is 5.32 Å². The van der Waals surface area contributed by atoms with Gasteiger partial charge in [-0.15, -0.1) is 0 Å². The van der Waals surface area contributed by atoms with E-state index in [0.717, 1.165) is 25.1 Å². The molecule has 1 aliphatic heterocycles. The van der Waals surface area contributed by atoms with Gasteiger partial charge in [0.05, 0.1) is 0 Å². The van der Waals surface area contributed by atoms with Gasteiger partial charge < -0.3 is 15.8 Å². The van der Waals surface area contributed by atoms with E-state index in [0.29, 0.717) is 6.61 Å². The molecule has 0 unspecified atom stereocenters. The van der Waals surface area contributed by atoms with Gasteiger partial charge in [-0.1, -0.05) is 30.3 Å². The van der Waals surface area contributed by atoms with E-state index in [1.54, 1.807) is 0 Å². The van der Waals surface area contributed by atoms with Gasteiger partial charge >= 0.3 is 5.97 Å². The molecule has 0 aliphatic carbocycles. The molecule has 1 aliphatic rings. The summed E-state index contributed by atoms with van der Waals surface area (Å²) in [5.41, 5.74) is 6.86. The summed E-state index contributed by atoms with van der Waals surface area (Å²) in [6.45, 7) is 2.04. The van der Waals surface area contributed by atoms with Crippen LogP contribution in [0.3, 0.4) is 0 Å². The predicted molar refractivity (Wildman–Crippen MR) is 65.2 cm³/mol. The van der Waals surface area contributed by atoms with Crippen LogP contribution >= 0.6 is 0 Å². The Morgan fingerprint density at radius 1 is 1.47 bits per heavy atom. The Balaban J connectivity index is 1.80. The van der Waals surface area contributed by atoms with Crippen LogP contribution < -0.4 is 11.1 Å². The zero-order valence-electron chi connectivity index (χ0n) is 9.76. The zero-order chi connectivity index (χ0) is 12.1. The molecule has 17 heavy (non-hydrogen) atoms. The molecule has 1 saturated heterocycles. The fraction of sp³-hybridized carbons (Fsp3) is 0.462. The third kappa shape index (κ3) is 3.28. The largest absolute Gasteiger partial charge is 0.460 e. The summed E-state index contributed by atoms with van der Waals surface area (Å²) < 4.78 is 5.21. The molecule has 0 radical (unpaired) electrons. The minimum Gasteiger partial charge on any atom is -0.460 e. The maximum absolute atomic E-state index is 11.7. The molecule has 1 heterocycles. The lowest BCUT2D eigenvalue weighted by molar-refractivity contribution is -0.147. The fourth-order valence-electron chi connectivity index (χ4n) is 2.00. The molecular formula is C13H18N2O2. The molecule has 92 valence electrons. The van der Waals surface area contributed by atoms with Crippen molar-refractivity contribution in [2.24, 2.45) is 11.7 Å². The second-order valence-electron chi connectivity index (χ2n) is 4.37. The maximum Gasteiger partial charge on any atom is 0.323 e. The number of ether oxygens (including phenoxy) is 1. The monoisotopic (exact) mass is 234 g/mol. The number of nitrogens with two attached hydrogens (primary N) is 1. The van der Waals surface area contributed by atoms with E-state index in [1.807, 2.05) is 30.3 Å². The number of carbonyl (C=O) groups is 1. The number of esters is 1. The standard InChI is InChI=1S/C13H18N2O2/c14-12(11-6-7-15-8-11)13(16)17-9-10-4-2-1-3-5-10/h1-5,11-12,15H,6-9,14H2/t11-,12+/m1/s1. The molecule has 0 bridgehead atoms. The quantitative estimate of drug-likeness (QED) is 0.751. The van der Waals surface area contributed by atoms with Crippen molar-refractivity contribution in [3.63, 3.8) is 0 Å². The Morgan fingerprint density at radius 2 is 2.24 bits per heavy atom. The van der Waals surface area contributed by atoms with Gasteiger partial charge in [0.15, 0.2) is 0 Å². The number of nitrogens with one attached hydrogen (secondary N) is 1. The van der Waals surface area contributed by atoms with Crippen molar-refractivity contribution in [2.45, 2.75) is 19.1 Å². The molecule has 4 heteroatoms. The van der Waals surface area contributed by atoms with Crippen LogP contribution in [0.4, 0.5) is 0 Å². The Kier molecular flexibility index (Phi) is 4.12. The van der Waals surface area contributed by atoms with E-state index in [-0.39, 0.29) is 11.9 Å². The molecule has 0 spiro atoms. The third-order valence-electron chi connectivity index (χ3n) is 3.10. The lowest BCUT2D eigenvalue weighted by atomic mass is 10.0. The van der Waals surface area contributed by atoms with Crippen molar-refractivity contribution >= 4 is 5.97 Å². The average Bonchev–Trinajstić information content (AvgIpc) is 2.90. The number of carbonyl (C=O) groups excluding carboxylic acids is 1. The van der Waals surface area contributed by atoms with Gasteiger partial charge in [0.2, 0.25) is 0 Å². The summed E-state index contributed by atoms with van der Waals surface area (Å²) in [4.78, 5) is 11.7. The van der Waals surface area contributed by atoms with E-state index < -0.39 is 6.04 Å². The lowest BCUT2D eigenvalue weighted by Gasteiger charge is -2.16. The molecule has 3 N–H and O–H groups in total. The Hall–Kier alpha value is -1.39. The van der Waals surface area contributed by atoms with Crippen LogP contribution in [0.5, 0.6) is 0 Å². The molecule has 1 aromatic carbocycles. The van der Waals surface area contributed by atoms with Gasteiger partial charge in [0, 0.05) is 6.54 Å². The van der Waals surface area contributed by atoms with E-state index >= 15 is 0 Å². The van der Waals surface area contributed by atoms with Gasteiger partial charge in [-0.3, -0.25) is 4.79 Å². The number of hydrogen-bond donors (Lipinski definition) is 2. The van der Waals surface area contributed by atoms with Crippen LogP contribution in [0.25, 0.3) is 0 Å². The fourth-order valence-corrected chi connectivity index (χ4v) is 2.00. The Bertz CT molecular complexity index is 361. The van der Waals surface area contributed by atoms with Crippen molar-refractivity contribution in [1.82, 2.24) is 5.32 Å². The number of benzene rings is 1. The SMILES string of the molecule is N[C@H](C(=O)OCc1ccccc1)[C@@H]1CCNC1. The highest BCUT2D eigenvalue weighted by Crippen LogP contribution is 2.13. The first-order valence-corrected chi connectivity index (χ1v) is 5.94. The van der Waals surface area contributed by atoms with Crippen LogP contribution in [-0.4, -0.2) is 25.1 Å². The van der Waals surface area contributed by atoms with Gasteiger partial charge in [-0.2, -0.15) is 0 Å². The first kappa shape index (κ1) is 12.1. The molecule has 0 saturated carbocycles. The minimum absolute atomic E-state index is 0.207. The Labute approximate surface area is 101 Å². The number of rotatable bonds is 4. The third-order valence-corrected chi connectivity index (χ3v) is 3.10. The number of hydrogen-bond acceptors (Lipinski definition) is 4. The van der Waals surface area contributed by atoms with E-state index in [4.69, 9.17) is 10.5 Å². The molecule has 0 aromatic heterocycles. The smallest absolute Gasteiger partial charge is 0.323 e. The van der Waals surface area contributed by atoms with Crippen LogP contribution in [0.1, 0.15) is 12.0 Å². The van der Waals surface area contributed by atoms with Crippen molar-refractivity contribution in [1.29, 1.82) is 0 Å². The second kappa shape index (κ2) is 5.80. The summed E-state index contributed by atoms with van der Waals surface area (Å²) in [5.74, 6) is -0.0965. The molecule has 4 nitrogen and oxygen atoms in total. The second-order valence-corrected chi connectivity index (χ2v) is 4.37. The maximum atomic E-state index is 11.7. The molecule has 1 fully saturated rings. The summed E-state index contributed by atoms with van der Waals surface area (Å²) in [5, 5.41) is 3.19. The normalized spacial score (nSPS) is 21.1. The average molecular weight is 234 g/mol. The van der Waals surface area contributed by atoms with Gasteiger partial charge in [-0.25, -0.2) is 0 Å². The summed E-state index contributed by atoms with van der Waals surface area (Å²) in [6.07, 6.45) is 0.946. The topological polar surface area (TPSA) is 64.4 Å². The van der Waals surface area contributed by atoms with Crippen LogP contribution in [0.15, 0.2) is 30.3 Å². The minimum atomic E-state index is -0.506. The molecule has 2 atom stereocenters.